The molecule has 0 aliphatic rings. The fourth-order valence-electron chi connectivity index (χ4n) is 2.33. The molecule has 0 fully saturated rings. The van der Waals surface area contributed by atoms with Crippen LogP contribution in [0.5, 0.6) is 0 Å². The summed E-state index contributed by atoms with van der Waals surface area (Å²) >= 11 is 3.88. The van der Waals surface area contributed by atoms with Gasteiger partial charge >= 0.3 is 5.97 Å². The molecule has 0 aliphatic heterocycles. The van der Waals surface area contributed by atoms with Gasteiger partial charge in [-0.2, -0.15) is 12.6 Å². The molecule has 4 unspecified atom stereocenters. The van der Waals surface area contributed by atoms with Crippen molar-refractivity contribution >= 4 is 42.2 Å². The normalized spacial score (nSPS) is 15.2. The average molecular weight is 434 g/mol. The summed E-state index contributed by atoms with van der Waals surface area (Å²) in [4.78, 5) is 59.3. The van der Waals surface area contributed by atoms with Crippen LogP contribution in [-0.2, 0) is 24.0 Å². The summed E-state index contributed by atoms with van der Waals surface area (Å²) in [6, 6.07) is -4.49. The molecule has 4 atom stereocenters. The van der Waals surface area contributed by atoms with Gasteiger partial charge in [0.05, 0.1) is 12.5 Å². The van der Waals surface area contributed by atoms with Crippen LogP contribution in [0.4, 0.5) is 0 Å². The van der Waals surface area contributed by atoms with Crippen LogP contribution >= 0.6 is 12.6 Å². The molecule has 0 heterocycles. The summed E-state index contributed by atoms with van der Waals surface area (Å²) in [6.07, 6.45) is -0.379. The van der Waals surface area contributed by atoms with Crippen LogP contribution in [0.2, 0.25) is 0 Å². The maximum absolute atomic E-state index is 12.7. The third kappa shape index (κ3) is 9.13. The molecule has 12 heteroatoms. The van der Waals surface area contributed by atoms with E-state index in [1.807, 2.05) is 0 Å². The number of carboxylic acid groups (broad SMARTS) is 1. The highest BCUT2D eigenvalue weighted by Gasteiger charge is 2.32. The Hall–Kier alpha value is -2.34. The number of hydrogen-bond donors (Lipinski definition) is 7. The molecule has 0 aliphatic carbocycles. The first-order valence-electron chi connectivity index (χ1n) is 9.10. The van der Waals surface area contributed by atoms with Gasteiger partial charge in [0, 0.05) is 5.75 Å². The van der Waals surface area contributed by atoms with Crippen LogP contribution in [0.25, 0.3) is 0 Å². The highest BCUT2D eigenvalue weighted by atomic mass is 32.1. The number of carboxylic acids is 1. The summed E-state index contributed by atoms with van der Waals surface area (Å²) in [6.45, 7) is 6.70. The van der Waals surface area contributed by atoms with Gasteiger partial charge < -0.3 is 32.5 Å². The molecule has 0 rings (SSSR count). The Morgan fingerprint density at radius 2 is 1.28 bits per heavy atom. The summed E-state index contributed by atoms with van der Waals surface area (Å²) < 4.78 is 0. The third-order valence-corrected chi connectivity index (χ3v) is 4.41. The van der Waals surface area contributed by atoms with Crippen molar-refractivity contribution in [3.63, 3.8) is 0 Å². The van der Waals surface area contributed by atoms with Crippen molar-refractivity contribution < 1.29 is 29.1 Å². The van der Waals surface area contributed by atoms with E-state index in [1.54, 1.807) is 27.7 Å². The zero-order valence-electron chi connectivity index (χ0n) is 17.0. The second kappa shape index (κ2) is 12.3. The lowest BCUT2D eigenvalue weighted by molar-refractivity contribution is -0.142. The SMILES string of the molecule is CC(C)C(NC(=O)C(N)CC(N)=O)C(=O)NC(C(=O)NC(CS)C(=O)O)C(C)C. The number of thiol groups is 1. The Bertz CT molecular complexity index is 627. The van der Waals surface area contributed by atoms with Crippen molar-refractivity contribution in [3.8, 4) is 0 Å². The highest BCUT2D eigenvalue weighted by molar-refractivity contribution is 7.80. The first-order valence-corrected chi connectivity index (χ1v) is 9.73. The van der Waals surface area contributed by atoms with Crippen LogP contribution in [0.1, 0.15) is 34.1 Å². The number of amides is 4. The van der Waals surface area contributed by atoms with Gasteiger partial charge in [0.25, 0.3) is 0 Å². The maximum atomic E-state index is 12.7. The second-order valence-corrected chi connectivity index (χ2v) is 7.68. The van der Waals surface area contributed by atoms with Crippen LogP contribution in [0.3, 0.4) is 0 Å². The maximum Gasteiger partial charge on any atom is 0.327 e. The van der Waals surface area contributed by atoms with Gasteiger partial charge in [0.15, 0.2) is 0 Å². The van der Waals surface area contributed by atoms with Crippen molar-refractivity contribution in [2.75, 3.05) is 5.75 Å². The van der Waals surface area contributed by atoms with E-state index < -0.39 is 53.8 Å². The smallest absolute Gasteiger partial charge is 0.327 e. The van der Waals surface area contributed by atoms with Gasteiger partial charge in [-0.1, -0.05) is 27.7 Å². The molecule has 0 saturated carbocycles. The van der Waals surface area contributed by atoms with Crippen molar-refractivity contribution in [3.05, 3.63) is 0 Å². The van der Waals surface area contributed by atoms with Gasteiger partial charge in [-0.15, -0.1) is 0 Å². The molecule has 0 saturated heterocycles. The van der Waals surface area contributed by atoms with E-state index in [1.165, 1.54) is 0 Å². The molecule has 29 heavy (non-hydrogen) atoms. The van der Waals surface area contributed by atoms with E-state index in [0.29, 0.717) is 0 Å². The van der Waals surface area contributed by atoms with Crippen molar-refractivity contribution in [2.45, 2.75) is 58.3 Å². The molecule has 0 radical (unpaired) electrons. The fraction of sp³-hybridized carbons (Fsp3) is 0.706. The van der Waals surface area contributed by atoms with Crippen molar-refractivity contribution in [1.29, 1.82) is 0 Å². The molecule has 11 nitrogen and oxygen atoms in total. The summed E-state index contributed by atoms with van der Waals surface area (Å²) in [5.41, 5.74) is 10.6. The van der Waals surface area contributed by atoms with E-state index in [4.69, 9.17) is 16.6 Å². The lowest BCUT2D eigenvalue weighted by Gasteiger charge is -2.28. The van der Waals surface area contributed by atoms with E-state index in [-0.39, 0.29) is 24.0 Å². The second-order valence-electron chi connectivity index (χ2n) is 7.32. The van der Waals surface area contributed by atoms with E-state index >= 15 is 0 Å². The average Bonchev–Trinajstić information content (AvgIpc) is 2.59. The predicted molar refractivity (Wildman–Crippen MR) is 109 cm³/mol. The molecule has 4 amide bonds. The molecule has 0 aromatic rings. The standard InChI is InChI=1S/C17H31N5O6S/c1-7(2)12(15(25)20-10(6-29)17(27)28)22-16(26)13(8(3)4)21-14(24)9(18)5-11(19)23/h7-10,12-13,29H,5-6,18H2,1-4H3,(H2,19,23)(H,20,25)(H,21,24)(H,22,26)(H,27,28). The monoisotopic (exact) mass is 433 g/mol. The summed E-state index contributed by atoms with van der Waals surface area (Å²) in [5.74, 6) is -4.93. The molecular weight excluding hydrogens is 402 g/mol. The van der Waals surface area contributed by atoms with Crippen LogP contribution in [0, 0.1) is 11.8 Å². The van der Waals surface area contributed by atoms with Crippen LogP contribution < -0.4 is 27.4 Å². The number of carbonyl (C=O) groups excluding carboxylic acids is 4. The first-order chi connectivity index (χ1) is 13.3. The number of carbonyl (C=O) groups is 5. The van der Waals surface area contributed by atoms with Gasteiger partial charge in [-0.3, -0.25) is 19.2 Å². The minimum absolute atomic E-state index is 0.123. The Labute approximate surface area is 175 Å². The minimum Gasteiger partial charge on any atom is -0.480 e. The van der Waals surface area contributed by atoms with E-state index in [9.17, 15) is 24.0 Å². The Kier molecular flexibility index (Phi) is 11.3. The Morgan fingerprint density at radius 1 is 0.862 bits per heavy atom. The molecule has 166 valence electrons. The summed E-state index contributed by atoms with van der Waals surface area (Å²) in [7, 11) is 0. The predicted octanol–water partition coefficient (Wildman–Crippen LogP) is -2.03. The number of primary amides is 1. The van der Waals surface area contributed by atoms with Gasteiger partial charge in [0.1, 0.15) is 18.1 Å². The molecule has 0 spiro atoms. The van der Waals surface area contributed by atoms with Gasteiger partial charge in [0.2, 0.25) is 23.6 Å². The molecule has 8 N–H and O–H groups in total. The quantitative estimate of drug-likeness (QED) is 0.172. The number of nitrogens with one attached hydrogen (secondary N) is 3. The number of hydrogen-bond acceptors (Lipinski definition) is 7. The molecule has 0 aromatic carbocycles. The topological polar surface area (TPSA) is 194 Å². The highest BCUT2D eigenvalue weighted by Crippen LogP contribution is 2.08. The minimum atomic E-state index is -1.25. The summed E-state index contributed by atoms with van der Waals surface area (Å²) in [5, 5.41) is 16.4. The largest absolute Gasteiger partial charge is 0.480 e. The first kappa shape index (κ1) is 26.7. The molecular formula is C17H31N5O6S. The third-order valence-electron chi connectivity index (χ3n) is 4.05. The van der Waals surface area contributed by atoms with Crippen LogP contribution in [0.15, 0.2) is 0 Å². The van der Waals surface area contributed by atoms with Gasteiger partial charge in [-0.25, -0.2) is 4.79 Å². The van der Waals surface area contributed by atoms with Crippen molar-refractivity contribution in [1.82, 2.24) is 16.0 Å². The number of nitrogens with two attached hydrogens (primary N) is 2. The van der Waals surface area contributed by atoms with E-state index in [0.717, 1.165) is 0 Å². The Morgan fingerprint density at radius 3 is 1.62 bits per heavy atom. The number of rotatable bonds is 12. The fourth-order valence-corrected chi connectivity index (χ4v) is 2.58. The number of aliphatic carboxylic acids is 1. The van der Waals surface area contributed by atoms with Crippen molar-refractivity contribution in [2.24, 2.45) is 23.3 Å². The van der Waals surface area contributed by atoms with Gasteiger partial charge in [-0.05, 0) is 11.8 Å². The van der Waals surface area contributed by atoms with E-state index in [2.05, 4.69) is 28.6 Å². The molecule has 0 bridgehead atoms. The zero-order chi connectivity index (χ0) is 22.9. The lowest BCUT2D eigenvalue weighted by Crippen LogP contribution is -2.59. The lowest BCUT2D eigenvalue weighted by atomic mass is 9.99. The Balaban J connectivity index is 5.28. The molecule has 0 aromatic heterocycles. The zero-order valence-corrected chi connectivity index (χ0v) is 17.9. The van der Waals surface area contributed by atoms with Crippen LogP contribution in [-0.4, -0.2) is 64.6 Å².